The van der Waals surface area contributed by atoms with Gasteiger partial charge in [0.15, 0.2) is 5.78 Å². The second kappa shape index (κ2) is 5.05. The molecule has 0 fully saturated rings. The summed E-state index contributed by atoms with van der Waals surface area (Å²) in [6, 6.07) is 9.51. The third kappa shape index (κ3) is 2.38. The van der Waals surface area contributed by atoms with Crippen LogP contribution in [0.3, 0.4) is 0 Å². The van der Waals surface area contributed by atoms with E-state index in [1.54, 1.807) is 0 Å². The van der Waals surface area contributed by atoms with Crippen molar-refractivity contribution in [2.45, 2.75) is 6.42 Å². The molecule has 1 aromatic carbocycles. The van der Waals surface area contributed by atoms with Gasteiger partial charge in [0, 0.05) is 16.5 Å². The molecule has 0 aliphatic heterocycles. The van der Waals surface area contributed by atoms with Gasteiger partial charge in [0.2, 0.25) is 0 Å². The largest absolute Gasteiger partial charge is 0.330 e. The molecular weight excluding hydrogens is 218 g/mol. The minimum absolute atomic E-state index is 0.0838. The van der Waals surface area contributed by atoms with Crippen LogP contribution in [0.1, 0.15) is 21.5 Å². The lowest BCUT2D eigenvalue weighted by molar-refractivity contribution is 0.103. The average Bonchev–Trinajstić information content (AvgIpc) is 2.83. The van der Waals surface area contributed by atoms with Gasteiger partial charge in [-0.25, -0.2) is 0 Å². The zero-order valence-electron chi connectivity index (χ0n) is 8.85. The lowest BCUT2D eigenvalue weighted by atomic mass is 10.0. The molecule has 1 heterocycles. The number of hydrogen-bond donors (Lipinski definition) is 1. The van der Waals surface area contributed by atoms with Crippen LogP contribution >= 0.6 is 11.3 Å². The van der Waals surface area contributed by atoms with Crippen molar-refractivity contribution in [3.63, 3.8) is 0 Å². The highest BCUT2D eigenvalue weighted by atomic mass is 32.1. The van der Waals surface area contributed by atoms with Crippen molar-refractivity contribution in [1.82, 2.24) is 0 Å². The maximum Gasteiger partial charge on any atom is 0.193 e. The van der Waals surface area contributed by atoms with Gasteiger partial charge in [-0.05, 0) is 30.0 Å². The van der Waals surface area contributed by atoms with Crippen molar-refractivity contribution < 1.29 is 4.79 Å². The van der Waals surface area contributed by atoms with E-state index >= 15 is 0 Å². The first-order valence-electron chi connectivity index (χ1n) is 5.17. The first kappa shape index (κ1) is 11.0. The van der Waals surface area contributed by atoms with Crippen LogP contribution in [0.5, 0.6) is 0 Å². The third-order valence-electron chi connectivity index (χ3n) is 2.43. The van der Waals surface area contributed by atoms with Crippen molar-refractivity contribution in [3.05, 3.63) is 57.8 Å². The van der Waals surface area contributed by atoms with Gasteiger partial charge in [0.05, 0.1) is 0 Å². The van der Waals surface area contributed by atoms with Gasteiger partial charge in [-0.15, -0.1) is 0 Å². The molecular formula is C13H13NOS. The zero-order valence-corrected chi connectivity index (χ0v) is 9.67. The molecule has 0 spiro atoms. The number of ketones is 1. The molecule has 2 rings (SSSR count). The molecule has 0 saturated heterocycles. The summed E-state index contributed by atoms with van der Waals surface area (Å²) in [6.07, 6.45) is 0.854. The molecule has 0 saturated carbocycles. The first-order valence-corrected chi connectivity index (χ1v) is 6.11. The Labute approximate surface area is 98.7 Å². The first-order chi connectivity index (χ1) is 7.81. The maximum absolute atomic E-state index is 12.0. The number of nitrogens with two attached hydrogens (primary N) is 1. The van der Waals surface area contributed by atoms with E-state index in [4.69, 9.17) is 5.73 Å². The van der Waals surface area contributed by atoms with Crippen molar-refractivity contribution >= 4 is 17.1 Å². The molecule has 0 radical (unpaired) electrons. The molecule has 82 valence electrons. The number of carbonyl (C=O) groups excluding carboxylic acids is 1. The van der Waals surface area contributed by atoms with Crippen LogP contribution in [0, 0.1) is 0 Å². The van der Waals surface area contributed by atoms with E-state index < -0.39 is 0 Å². The number of benzene rings is 1. The molecule has 1 aromatic heterocycles. The van der Waals surface area contributed by atoms with Crippen LogP contribution in [0.25, 0.3) is 0 Å². The molecule has 2 aromatic rings. The van der Waals surface area contributed by atoms with E-state index in [0.29, 0.717) is 6.54 Å². The van der Waals surface area contributed by atoms with Gasteiger partial charge >= 0.3 is 0 Å². The van der Waals surface area contributed by atoms with Crippen LogP contribution in [-0.2, 0) is 6.42 Å². The topological polar surface area (TPSA) is 43.1 Å². The van der Waals surface area contributed by atoms with Gasteiger partial charge in [0.25, 0.3) is 0 Å². The van der Waals surface area contributed by atoms with Crippen molar-refractivity contribution in [2.24, 2.45) is 5.73 Å². The predicted octanol–water partition coefficient (Wildman–Crippen LogP) is 2.48. The standard InChI is InChI=1S/C13H13NOS/c14-7-5-10-1-3-11(4-2-10)13(15)12-6-8-16-9-12/h1-4,6,8-9H,5,7,14H2. The highest BCUT2D eigenvalue weighted by molar-refractivity contribution is 7.08. The maximum atomic E-state index is 12.0. The fourth-order valence-corrected chi connectivity index (χ4v) is 2.19. The molecule has 0 aliphatic rings. The van der Waals surface area contributed by atoms with Crippen molar-refractivity contribution in [3.8, 4) is 0 Å². The van der Waals surface area contributed by atoms with Gasteiger partial charge in [-0.3, -0.25) is 4.79 Å². The van der Waals surface area contributed by atoms with Crippen molar-refractivity contribution in [1.29, 1.82) is 0 Å². The summed E-state index contributed by atoms with van der Waals surface area (Å²) in [5, 5.41) is 3.78. The molecule has 0 aliphatic carbocycles. The summed E-state index contributed by atoms with van der Waals surface area (Å²) in [4.78, 5) is 12.0. The Kier molecular flexibility index (Phi) is 3.49. The third-order valence-corrected chi connectivity index (χ3v) is 3.12. The Hall–Kier alpha value is -1.45. The van der Waals surface area contributed by atoms with E-state index in [9.17, 15) is 4.79 Å². The fourth-order valence-electron chi connectivity index (χ4n) is 1.55. The van der Waals surface area contributed by atoms with E-state index in [1.807, 2.05) is 41.1 Å². The van der Waals surface area contributed by atoms with Crippen LogP contribution < -0.4 is 5.73 Å². The normalized spacial score (nSPS) is 10.3. The molecule has 2 N–H and O–H groups in total. The van der Waals surface area contributed by atoms with Crippen LogP contribution in [0.2, 0.25) is 0 Å². The quantitative estimate of drug-likeness (QED) is 0.821. The Morgan fingerprint density at radius 3 is 2.44 bits per heavy atom. The summed E-state index contributed by atoms with van der Waals surface area (Å²) in [6.45, 7) is 0.637. The highest BCUT2D eigenvalue weighted by Crippen LogP contribution is 2.13. The summed E-state index contributed by atoms with van der Waals surface area (Å²) in [5.41, 5.74) is 8.14. The predicted molar refractivity (Wildman–Crippen MR) is 67.0 cm³/mol. The van der Waals surface area contributed by atoms with E-state index in [-0.39, 0.29) is 5.78 Å². The lowest BCUT2D eigenvalue weighted by Gasteiger charge is -2.01. The molecule has 0 atom stereocenters. The summed E-state index contributed by atoms with van der Waals surface area (Å²) in [7, 11) is 0. The Bertz CT molecular complexity index is 459. The monoisotopic (exact) mass is 231 g/mol. The summed E-state index contributed by atoms with van der Waals surface area (Å²) < 4.78 is 0. The Balaban J connectivity index is 2.19. The number of rotatable bonds is 4. The molecule has 3 heteroatoms. The second-order valence-electron chi connectivity index (χ2n) is 3.58. The molecule has 0 unspecified atom stereocenters. The highest BCUT2D eigenvalue weighted by Gasteiger charge is 2.08. The van der Waals surface area contributed by atoms with Gasteiger partial charge in [0.1, 0.15) is 0 Å². The fraction of sp³-hybridized carbons (Fsp3) is 0.154. The smallest absolute Gasteiger partial charge is 0.193 e. The van der Waals surface area contributed by atoms with Gasteiger partial charge < -0.3 is 5.73 Å². The number of thiophene rings is 1. The second-order valence-corrected chi connectivity index (χ2v) is 4.36. The van der Waals surface area contributed by atoms with Crippen LogP contribution in [0.4, 0.5) is 0 Å². The number of carbonyl (C=O) groups is 1. The van der Waals surface area contributed by atoms with Gasteiger partial charge in [-0.2, -0.15) is 11.3 Å². The molecule has 2 nitrogen and oxygen atoms in total. The van der Waals surface area contributed by atoms with E-state index in [0.717, 1.165) is 17.5 Å². The molecule has 0 amide bonds. The summed E-state index contributed by atoms with van der Waals surface area (Å²) >= 11 is 1.54. The zero-order chi connectivity index (χ0) is 11.4. The summed E-state index contributed by atoms with van der Waals surface area (Å²) in [5.74, 6) is 0.0838. The van der Waals surface area contributed by atoms with Crippen LogP contribution in [0.15, 0.2) is 41.1 Å². The number of hydrogen-bond acceptors (Lipinski definition) is 3. The Morgan fingerprint density at radius 1 is 1.12 bits per heavy atom. The minimum Gasteiger partial charge on any atom is -0.330 e. The minimum atomic E-state index is 0.0838. The van der Waals surface area contributed by atoms with Crippen molar-refractivity contribution in [2.75, 3.05) is 6.54 Å². The lowest BCUT2D eigenvalue weighted by Crippen LogP contribution is -2.04. The van der Waals surface area contributed by atoms with Crippen LogP contribution in [-0.4, -0.2) is 12.3 Å². The SMILES string of the molecule is NCCc1ccc(C(=O)c2ccsc2)cc1. The van der Waals surface area contributed by atoms with Gasteiger partial charge in [-0.1, -0.05) is 24.3 Å². The van der Waals surface area contributed by atoms with E-state index in [2.05, 4.69) is 0 Å². The molecule has 0 bridgehead atoms. The molecule has 16 heavy (non-hydrogen) atoms. The average molecular weight is 231 g/mol. The van der Waals surface area contributed by atoms with E-state index in [1.165, 1.54) is 16.9 Å². The Morgan fingerprint density at radius 2 is 1.88 bits per heavy atom.